The van der Waals surface area contributed by atoms with E-state index in [0.717, 1.165) is 0 Å². The third kappa shape index (κ3) is 5.11. The van der Waals surface area contributed by atoms with Crippen LogP contribution in [0.3, 0.4) is 0 Å². The summed E-state index contributed by atoms with van der Waals surface area (Å²) in [5, 5.41) is 2.38. The molecule has 2 aromatic carbocycles. The highest BCUT2D eigenvalue weighted by Gasteiger charge is 2.18. The van der Waals surface area contributed by atoms with E-state index in [1.165, 1.54) is 33.5 Å². The lowest BCUT2D eigenvalue weighted by Gasteiger charge is -2.15. The van der Waals surface area contributed by atoms with Gasteiger partial charge >= 0.3 is 0 Å². The molecule has 10 heteroatoms. The number of hydrazine groups is 1. The summed E-state index contributed by atoms with van der Waals surface area (Å²) >= 11 is 8.33. The first-order valence-electron chi connectivity index (χ1n) is 7.87. The number of carbonyl (C=O) groups excluding carboxylic acids is 2. The summed E-state index contributed by atoms with van der Waals surface area (Å²) in [6, 6.07) is 9.86. The maximum Gasteiger partial charge on any atom is 0.270 e. The van der Waals surface area contributed by atoms with Crippen LogP contribution in [0.1, 0.15) is 20.7 Å². The van der Waals surface area contributed by atoms with E-state index in [1.54, 1.807) is 24.3 Å². The second-order valence-electron chi connectivity index (χ2n) is 5.26. The Bertz CT molecular complexity index is 882. The van der Waals surface area contributed by atoms with Gasteiger partial charge in [0, 0.05) is 10.0 Å². The number of methoxy groups -OCH3 is 3. The Hall–Kier alpha value is -2.85. The summed E-state index contributed by atoms with van der Waals surface area (Å²) in [4.78, 5) is 24.6. The van der Waals surface area contributed by atoms with E-state index in [-0.39, 0.29) is 10.7 Å². The summed E-state index contributed by atoms with van der Waals surface area (Å²) in [5.41, 5.74) is 5.54. The van der Waals surface area contributed by atoms with Crippen molar-refractivity contribution in [2.45, 2.75) is 0 Å². The van der Waals surface area contributed by atoms with E-state index in [1.807, 2.05) is 0 Å². The summed E-state index contributed by atoms with van der Waals surface area (Å²) in [6.07, 6.45) is 0. The minimum atomic E-state index is -0.521. The molecular formula is C18H18BrN3O5S. The van der Waals surface area contributed by atoms with E-state index in [0.29, 0.717) is 27.3 Å². The number of hydrogen-bond acceptors (Lipinski definition) is 6. The number of rotatable bonds is 5. The first kappa shape index (κ1) is 21.5. The standard InChI is InChI=1S/C18H18BrN3O5S/c1-25-13-8-10(9-14(26-2)15(13)27-3)16(23)20-18(28)22-21-17(24)11-6-4-5-7-12(11)19/h4-9H,1-3H3,(H,21,24)(H2,20,22,23,28). The number of benzene rings is 2. The van der Waals surface area contributed by atoms with Gasteiger partial charge in [-0.1, -0.05) is 12.1 Å². The van der Waals surface area contributed by atoms with Gasteiger partial charge in [0.2, 0.25) is 5.75 Å². The molecule has 8 nitrogen and oxygen atoms in total. The Morgan fingerprint density at radius 3 is 2.07 bits per heavy atom. The minimum Gasteiger partial charge on any atom is -0.493 e. The monoisotopic (exact) mass is 467 g/mol. The predicted molar refractivity (Wildman–Crippen MR) is 111 cm³/mol. The zero-order valence-electron chi connectivity index (χ0n) is 15.3. The van der Waals surface area contributed by atoms with Gasteiger partial charge < -0.3 is 14.2 Å². The van der Waals surface area contributed by atoms with Gasteiger partial charge in [-0.15, -0.1) is 0 Å². The molecule has 0 aliphatic heterocycles. The first-order valence-corrected chi connectivity index (χ1v) is 9.07. The fraction of sp³-hybridized carbons (Fsp3) is 0.167. The van der Waals surface area contributed by atoms with Gasteiger partial charge in [0.1, 0.15) is 0 Å². The smallest absolute Gasteiger partial charge is 0.270 e. The number of hydrogen-bond donors (Lipinski definition) is 3. The lowest BCUT2D eigenvalue weighted by atomic mass is 10.1. The average Bonchev–Trinajstić information content (AvgIpc) is 2.70. The van der Waals surface area contributed by atoms with Crippen molar-refractivity contribution in [3.8, 4) is 17.2 Å². The SMILES string of the molecule is COc1cc(C(=O)NC(=S)NNC(=O)c2ccccc2Br)cc(OC)c1OC. The van der Waals surface area contributed by atoms with Gasteiger partial charge in [0.05, 0.1) is 26.9 Å². The van der Waals surface area contributed by atoms with Crippen LogP contribution in [-0.4, -0.2) is 38.3 Å². The highest BCUT2D eigenvalue weighted by molar-refractivity contribution is 9.10. The summed E-state index contributed by atoms with van der Waals surface area (Å²) < 4.78 is 16.3. The van der Waals surface area contributed by atoms with Crippen LogP contribution in [0.5, 0.6) is 17.2 Å². The molecule has 0 aliphatic carbocycles. The van der Waals surface area contributed by atoms with Crippen molar-refractivity contribution in [3.63, 3.8) is 0 Å². The number of halogens is 1. The average molecular weight is 468 g/mol. The van der Waals surface area contributed by atoms with Crippen molar-refractivity contribution in [3.05, 3.63) is 52.0 Å². The molecule has 0 aromatic heterocycles. The van der Waals surface area contributed by atoms with Crippen LogP contribution in [0.2, 0.25) is 0 Å². The molecule has 0 bridgehead atoms. The third-order valence-electron chi connectivity index (χ3n) is 3.56. The molecule has 0 saturated carbocycles. The van der Waals surface area contributed by atoms with E-state index in [2.05, 4.69) is 32.1 Å². The topological polar surface area (TPSA) is 97.9 Å². The largest absolute Gasteiger partial charge is 0.493 e. The molecular weight excluding hydrogens is 450 g/mol. The predicted octanol–water partition coefficient (Wildman–Crippen LogP) is 2.42. The summed E-state index contributed by atoms with van der Waals surface area (Å²) in [6.45, 7) is 0. The molecule has 0 aliphatic rings. The van der Waals surface area contributed by atoms with E-state index >= 15 is 0 Å². The van der Waals surface area contributed by atoms with Gasteiger partial charge in [-0.3, -0.25) is 25.8 Å². The van der Waals surface area contributed by atoms with Gasteiger partial charge in [-0.05, 0) is 52.4 Å². The number of ether oxygens (including phenoxy) is 3. The molecule has 0 unspecified atom stereocenters. The van der Waals surface area contributed by atoms with Gasteiger partial charge in [0.25, 0.3) is 11.8 Å². The van der Waals surface area contributed by atoms with Crippen molar-refractivity contribution in [1.29, 1.82) is 0 Å². The van der Waals surface area contributed by atoms with E-state index < -0.39 is 11.8 Å². The molecule has 2 aromatic rings. The normalized spacial score (nSPS) is 9.86. The van der Waals surface area contributed by atoms with Crippen LogP contribution in [0.25, 0.3) is 0 Å². The number of nitrogens with one attached hydrogen (secondary N) is 3. The molecule has 3 N–H and O–H groups in total. The van der Waals surface area contributed by atoms with Crippen LogP contribution in [0.15, 0.2) is 40.9 Å². The van der Waals surface area contributed by atoms with Crippen LogP contribution < -0.4 is 30.4 Å². The molecule has 0 fully saturated rings. The molecule has 2 rings (SSSR count). The second kappa shape index (κ2) is 9.90. The number of thiocarbonyl (C=S) groups is 1. The van der Waals surface area contributed by atoms with Crippen LogP contribution in [0, 0.1) is 0 Å². The first-order chi connectivity index (χ1) is 13.4. The van der Waals surface area contributed by atoms with Crippen molar-refractivity contribution in [2.75, 3.05) is 21.3 Å². The lowest BCUT2D eigenvalue weighted by Crippen LogP contribution is -2.48. The number of amides is 2. The molecule has 0 spiro atoms. The van der Waals surface area contributed by atoms with Crippen LogP contribution in [0.4, 0.5) is 0 Å². The number of carbonyl (C=O) groups is 2. The molecule has 0 heterocycles. The van der Waals surface area contributed by atoms with E-state index in [9.17, 15) is 9.59 Å². The molecule has 0 saturated heterocycles. The Labute approximate surface area is 175 Å². The summed E-state index contributed by atoms with van der Waals surface area (Å²) in [7, 11) is 4.36. The summed E-state index contributed by atoms with van der Waals surface area (Å²) in [5.74, 6) is 0.0768. The Balaban J connectivity index is 2.03. The molecule has 148 valence electrons. The maximum absolute atomic E-state index is 12.4. The van der Waals surface area contributed by atoms with Gasteiger partial charge in [0.15, 0.2) is 16.6 Å². The Morgan fingerprint density at radius 2 is 1.54 bits per heavy atom. The van der Waals surface area contributed by atoms with Gasteiger partial charge in [-0.25, -0.2) is 0 Å². The maximum atomic E-state index is 12.4. The fourth-order valence-corrected chi connectivity index (χ4v) is 2.85. The van der Waals surface area contributed by atoms with Crippen LogP contribution in [-0.2, 0) is 0 Å². The molecule has 28 heavy (non-hydrogen) atoms. The van der Waals surface area contributed by atoms with Crippen molar-refractivity contribution in [2.24, 2.45) is 0 Å². The van der Waals surface area contributed by atoms with Crippen molar-refractivity contribution in [1.82, 2.24) is 16.2 Å². The molecule has 0 atom stereocenters. The van der Waals surface area contributed by atoms with Gasteiger partial charge in [-0.2, -0.15) is 0 Å². The third-order valence-corrected chi connectivity index (χ3v) is 4.46. The zero-order chi connectivity index (χ0) is 20.7. The highest BCUT2D eigenvalue weighted by Crippen LogP contribution is 2.38. The second-order valence-corrected chi connectivity index (χ2v) is 6.52. The minimum absolute atomic E-state index is 0.0841. The Kier molecular flexibility index (Phi) is 7.59. The molecule has 2 amide bonds. The van der Waals surface area contributed by atoms with E-state index in [4.69, 9.17) is 26.4 Å². The Morgan fingerprint density at radius 1 is 0.929 bits per heavy atom. The van der Waals surface area contributed by atoms with Crippen LogP contribution >= 0.6 is 28.1 Å². The van der Waals surface area contributed by atoms with Crippen molar-refractivity contribution >= 4 is 45.1 Å². The highest BCUT2D eigenvalue weighted by atomic mass is 79.9. The zero-order valence-corrected chi connectivity index (χ0v) is 17.7. The van der Waals surface area contributed by atoms with Crippen molar-refractivity contribution < 1.29 is 23.8 Å². The fourth-order valence-electron chi connectivity index (χ4n) is 2.24. The lowest BCUT2D eigenvalue weighted by molar-refractivity contribution is 0.0934. The molecule has 0 radical (unpaired) electrons. The quantitative estimate of drug-likeness (QED) is 0.458.